The lowest BCUT2D eigenvalue weighted by atomic mass is 9.70. The Morgan fingerprint density at radius 3 is 2.10 bits per heavy atom. The molecular weight excluding hydrogens is 246 g/mol. The van der Waals surface area contributed by atoms with Crippen LogP contribution in [0.25, 0.3) is 0 Å². The van der Waals surface area contributed by atoms with Gasteiger partial charge in [-0.1, -0.05) is 32.6 Å². The Kier molecular flexibility index (Phi) is 4.42. The summed E-state index contributed by atoms with van der Waals surface area (Å²) >= 11 is 0. The molecule has 1 saturated heterocycles. The molecule has 1 N–H and O–H groups in total. The van der Waals surface area contributed by atoms with E-state index in [9.17, 15) is 5.11 Å². The Labute approximate surface area is 124 Å². The van der Waals surface area contributed by atoms with E-state index in [-0.39, 0.29) is 5.41 Å². The fraction of sp³-hybridized carbons (Fsp3) is 1.00. The summed E-state index contributed by atoms with van der Waals surface area (Å²) in [7, 11) is 0. The molecular formula is C18H33NO. The van der Waals surface area contributed by atoms with Crippen molar-refractivity contribution in [3.63, 3.8) is 0 Å². The van der Waals surface area contributed by atoms with E-state index in [1.54, 1.807) is 0 Å². The number of hydrogen-bond acceptors (Lipinski definition) is 2. The van der Waals surface area contributed by atoms with E-state index in [4.69, 9.17) is 0 Å². The molecule has 0 aromatic rings. The van der Waals surface area contributed by atoms with Crippen LogP contribution in [0.15, 0.2) is 0 Å². The quantitative estimate of drug-likeness (QED) is 0.848. The van der Waals surface area contributed by atoms with Gasteiger partial charge in [0.1, 0.15) is 0 Å². The summed E-state index contributed by atoms with van der Waals surface area (Å²) in [4.78, 5) is 2.68. The van der Waals surface area contributed by atoms with E-state index < -0.39 is 0 Å². The summed E-state index contributed by atoms with van der Waals surface area (Å²) in [6, 6.07) is 0. The van der Waals surface area contributed by atoms with Gasteiger partial charge in [-0.25, -0.2) is 0 Å². The van der Waals surface area contributed by atoms with Crippen LogP contribution in [0.1, 0.15) is 71.1 Å². The molecule has 116 valence electrons. The maximum absolute atomic E-state index is 9.94. The van der Waals surface area contributed by atoms with E-state index in [2.05, 4.69) is 11.8 Å². The molecule has 0 radical (unpaired) electrons. The van der Waals surface area contributed by atoms with Crippen molar-refractivity contribution in [1.29, 1.82) is 0 Å². The monoisotopic (exact) mass is 279 g/mol. The topological polar surface area (TPSA) is 23.5 Å². The van der Waals surface area contributed by atoms with Gasteiger partial charge in [-0.05, 0) is 62.9 Å². The summed E-state index contributed by atoms with van der Waals surface area (Å²) in [6.07, 6.45) is 13.9. The van der Waals surface area contributed by atoms with Crippen LogP contribution in [0.2, 0.25) is 0 Å². The number of nitrogens with zero attached hydrogens (tertiary/aromatic N) is 1. The largest absolute Gasteiger partial charge is 0.396 e. The first-order valence-corrected chi connectivity index (χ1v) is 8.99. The van der Waals surface area contributed by atoms with Gasteiger partial charge in [0.05, 0.1) is 0 Å². The second-order valence-electron chi connectivity index (χ2n) is 8.32. The van der Waals surface area contributed by atoms with Crippen molar-refractivity contribution < 1.29 is 5.11 Å². The molecule has 2 saturated carbocycles. The molecule has 1 aliphatic heterocycles. The van der Waals surface area contributed by atoms with Crippen LogP contribution in [0.4, 0.5) is 0 Å². The zero-order chi connectivity index (χ0) is 14.1. The number of aliphatic hydroxyl groups excluding tert-OH is 1. The Balaban J connectivity index is 1.53. The van der Waals surface area contributed by atoms with Crippen molar-refractivity contribution in [3.8, 4) is 0 Å². The van der Waals surface area contributed by atoms with Gasteiger partial charge in [-0.3, -0.25) is 0 Å². The highest BCUT2D eigenvalue weighted by Gasteiger charge is 2.40. The molecule has 0 aromatic heterocycles. The molecule has 2 heteroatoms. The molecule has 3 fully saturated rings. The summed E-state index contributed by atoms with van der Waals surface area (Å²) < 4.78 is 0. The van der Waals surface area contributed by atoms with Crippen molar-refractivity contribution >= 4 is 0 Å². The minimum Gasteiger partial charge on any atom is -0.396 e. The number of hydrogen-bond donors (Lipinski definition) is 1. The SMILES string of the molecule is CC1CCC(CO)(CN2CCC3(CCCC3)CC2)CC1. The summed E-state index contributed by atoms with van der Waals surface area (Å²) in [5.74, 6) is 0.873. The van der Waals surface area contributed by atoms with E-state index in [0.29, 0.717) is 6.61 Å². The standard InChI is InChI=1S/C18H33NO/c1-16-4-8-18(15-20,9-5-16)14-19-12-10-17(11-13-19)6-2-3-7-17/h16,20H,2-15H2,1H3. The highest BCUT2D eigenvalue weighted by atomic mass is 16.3. The average Bonchev–Trinajstić information content (AvgIpc) is 2.93. The number of piperidine rings is 1. The number of aliphatic hydroxyl groups is 1. The van der Waals surface area contributed by atoms with Crippen molar-refractivity contribution in [2.45, 2.75) is 71.1 Å². The van der Waals surface area contributed by atoms with Gasteiger partial charge in [-0.15, -0.1) is 0 Å². The lowest BCUT2D eigenvalue weighted by Crippen LogP contribution is -2.47. The minimum absolute atomic E-state index is 0.229. The predicted octanol–water partition coefficient (Wildman–Crippen LogP) is 3.83. The molecule has 0 bridgehead atoms. The Hall–Kier alpha value is -0.0800. The zero-order valence-corrected chi connectivity index (χ0v) is 13.4. The highest BCUT2D eigenvalue weighted by molar-refractivity contribution is 4.93. The van der Waals surface area contributed by atoms with Crippen LogP contribution in [-0.2, 0) is 0 Å². The lowest BCUT2D eigenvalue weighted by molar-refractivity contribution is 0.00716. The fourth-order valence-electron chi connectivity index (χ4n) is 5.03. The molecule has 20 heavy (non-hydrogen) atoms. The van der Waals surface area contributed by atoms with E-state index in [1.165, 1.54) is 77.3 Å². The van der Waals surface area contributed by atoms with Crippen molar-refractivity contribution in [2.75, 3.05) is 26.2 Å². The van der Waals surface area contributed by atoms with Crippen molar-refractivity contribution in [3.05, 3.63) is 0 Å². The van der Waals surface area contributed by atoms with Gasteiger partial charge in [0, 0.05) is 18.6 Å². The third kappa shape index (κ3) is 3.06. The number of rotatable bonds is 3. The first-order valence-electron chi connectivity index (χ1n) is 8.99. The van der Waals surface area contributed by atoms with Crippen LogP contribution in [-0.4, -0.2) is 36.2 Å². The Bertz CT molecular complexity index is 303. The van der Waals surface area contributed by atoms with Crippen molar-refractivity contribution in [1.82, 2.24) is 4.90 Å². The molecule has 3 aliphatic rings. The van der Waals surface area contributed by atoms with E-state index in [1.807, 2.05) is 0 Å². The predicted molar refractivity (Wildman–Crippen MR) is 83.7 cm³/mol. The molecule has 0 unspecified atom stereocenters. The van der Waals surface area contributed by atoms with Gasteiger partial charge in [-0.2, -0.15) is 0 Å². The molecule has 1 heterocycles. The van der Waals surface area contributed by atoms with Crippen LogP contribution in [0.3, 0.4) is 0 Å². The van der Waals surface area contributed by atoms with Crippen LogP contribution in [0, 0.1) is 16.7 Å². The first-order chi connectivity index (χ1) is 9.65. The normalized spacial score (nSPS) is 38.4. The second kappa shape index (κ2) is 5.96. The lowest BCUT2D eigenvalue weighted by Gasteiger charge is -2.45. The molecule has 3 rings (SSSR count). The van der Waals surface area contributed by atoms with Gasteiger partial charge >= 0.3 is 0 Å². The van der Waals surface area contributed by atoms with Gasteiger partial charge < -0.3 is 10.0 Å². The molecule has 1 spiro atoms. The van der Waals surface area contributed by atoms with Gasteiger partial charge in [0.15, 0.2) is 0 Å². The molecule has 2 nitrogen and oxygen atoms in total. The maximum Gasteiger partial charge on any atom is 0.0499 e. The molecule has 2 aliphatic carbocycles. The van der Waals surface area contributed by atoms with Gasteiger partial charge in [0.2, 0.25) is 0 Å². The zero-order valence-electron chi connectivity index (χ0n) is 13.4. The van der Waals surface area contributed by atoms with Gasteiger partial charge in [0.25, 0.3) is 0 Å². The maximum atomic E-state index is 9.94. The highest BCUT2D eigenvalue weighted by Crippen LogP contribution is 2.47. The molecule has 0 amide bonds. The first kappa shape index (κ1) is 14.8. The Morgan fingerprint density at radius 1 is 0.950 bits per heavy atom. The van der Waals surface area contributed by atoms with Crippen LogP contribution < -0.4 is 0 Å². The minimum atomic E-state index is 0.229. The van der Waals surface area contributed by atoms with Crippen molar-refractivity contribution in [2.24, 2.45) is 16.7 Å². The molecule has 0 aromatic carbocycles. The Morgan fingerprint density at radius 2 is 1.55 bits per heavy atom. The number of likely N-dealkylation sites (tertiary alicyclic amines) is 1. The summed E-state index contributed by atoms with van der Waals surface area (Å²) in [5, 5.41) is 9.94. The third-order valence-corrected chi connectivity index (χ3v) is 6.81. The fourth-order valence-corrected chi connectivity index (χ4v) is 5.03. The second-order valence-corrected chi connectivity index (χ2v) is 8.32. The summed E-state index contributed by atoms with van der Waals surface area (Å²) in [5.41, 5.74) is 0.955. The smallest absolute Gasteiger partial charge is 0.0499 e. The van der Waals surface area contributed by atoms with Crippen LogP contribution >= 0.6 is 0 Å². The molecule has 0 atom stereocenters. The van der Waals surface area contributed by atoms with Crippen LogP contribution in [0.5, 0.6) is 0 Å². The van der Waals surface area contributed by atoms with E-state index >= 15 is 0 Å². The summed E-state index contributed by atoms with van der Waals surface area (Å²) in [6.45, 7) is 6.51. The third-order valence-electron chi connectivity index (χ3n) is 6.81. The van der Waals surface area contributed by atoms with E-state index in [0.717, 1.165) is 17.9 Å². The average molecular weight is 279 g/mol.